The van der Waals surface area contributed by atoms with Crippen LogP contribution in [0.5, 0.6) is 5.75 Å². The van der Waals surface area contributed by atoms with Crippen molar-refractivity contribution in [2.24, 2.45) is 0 Å². The predicted molar refractivity (Wildman–Crippen MR) is 45.0 cm³/mol. The molecule has 0 aliphatic carbocycles. The van der Waals surface area contributed by atoms with Crippen molar-refractivity contribution in [2.45, 2.75) is 13.0 Å². The number of nitrogens with one attached hydrogen (secondary N) is 1. The van der Waals surface area contributed by atoms with Gasteiger partial charge in [-0.2, -0.15) is 0 Å². The Hall–Kier alpha value is -1.25. The van der Waals surface area contributed by atoms with Gasteiger partial charge in [0.05, 0.1) is 12.2 Å². The molecule has 1 aromatic rings. The van der Waals surface area contributed by atoms with Gasteiger partial charge < -0.3 is 10.1 Å². The third-order valence-corrected chi connectivity index (χ3v) is 1.85. The number of fused-ring (bicyclic) bond motifs is 1. The maximum Gasteiger partial charge on any atom is 0.145 e. The highest BCUT2D eigenvalue weighted by Gasteiger charge is 2.14. The van der Waals surface area contributed by atoms with E-state index in [1.165, 1.54) is 12.1 Å². The lowest BCUT2D eigenvalue weighted by atomic mass is 10.2. The third-order valence-electron chi connectivity index (χ3n) is 1.85. The maximum atomic E-state index is 12.7. The zero-order valence-corrected chi connectivity index (χ0v) is 6.80. The summed E-state index contributed by atoms with van der Waals surface area (Å²) in [6, 6.07) is 4.51. The smallest absolute Gasteiger partial charge is 0.145 e. The lowest BCUT2D eigenvalue weighted by molar-refractivity contribution is 0.225. The van der Waals surface area contributed by atoms with E-state index in [9.17, 15) is 4.39 Å². The second kappa shape index (κ2) is 2.66. The first kappa shape index (κ1) is 7.40. The number of halogens is 1. The van der Waals surface area contributed by atoms with Gasteiger partial charge in [-0.25, -0.2) is 4.39 Å². The Balaban J connectivity index is 2.37. The van der Waals surface area contributed by atoms with Crippen molar-refractivity contribution >= 4 is 5.69 Å². The van der Waals surface area contributed by atoms with Crippen molar-refractivity contribution in [3.8, 4) is 5.75 Å². The Morgan fingerprint density at radius 2 is 2.42 bits per heavy atom. The van der Waals surface area contributed by atoms with Gasteiger partial charge in [-0.1, -0.05) is 0 Å². The van der Waals surface area contributed by atoms with Crippen LogP contribution in [0.1, 0.15) is 6.92 Å². The molecule has 3 heteroatoms. The van der Waals surface area contributed by atoms with Crippen LogP contribution in [0.3, 0.4) is 0 Å². The first-order valence-electron chi connectivity index (χ1n) is 3.96. The predicted octanol–water partition coefficient (Wildman–Crippen LogP) is 2.02. The summed E-state index contributed by atoms with van der Waals surface area (Å²) in [4.78, 5) is 0. The second-order valence-electron chi connectivity index (χ2n) is 2.95. The van der Waals surface area contributed by atoms with Crippen LogP contribution >= 0.6 is 0 Å². The molecule has 0 bridgehead atoms. The van der Waals surface area contributed by atoms with E-state index in [4.69, 9.17) is 4.74 Å². The Kier molecular flexibility index (Phi) is 1.64. The summed E-state index contributed by atoms with van der Waals surface area (Å²) >= 11 is 0. The standard InChI is InChI=1S/C9H10FNO/c1-6-5-11-8-3-2-7(10)4-9(8)12-6/h2-4,6,11H,5H2,1H3/t6-/m0/s1. The number of hydrogen-bond acceptors (Lipinski definition) is 2. The largest absolute Gasteiger partial charge is 0.487 e. The minimum absolute atomic E-state index is 0.110. The van der Waals surface area contributed by atoms with Gasteiger partial charge in [0.2, 0.25) is 0 Å². The zero-order valence-electron chi connectivity index (χ0n) is 6.80. The number of anilines is 1. The summed E-state index contributed by atoms with van der Waals surface area (Å²) < 4.78 is 18.1. The van der Waals surface area contributed by atoms with Crippen LogP contribution in [-0.4, -0.2) is 12.6 Å². The molecule has 2 rings (SSSR count). The molecule has 1 N–H and O–H groups in total. The highest BCUT2D eigenvalue weighted by molar-refractivity contribution is 5.57. The van der Waals surface area contributed by atoms with Crippen LogP contribution in [0.15, 0.2) is 18.2 Å². The molecule has 0 saturated carbocycles. The topological polar surface area (TPSA) is 21.3 Å². The van der Waals surface area contributed by atoms with E-state index < -0.39 is 0 Å². The number of ether oxygens (including phenoxy) is 1. The van der Waals surface area contributed by atoms with Crippen molar-refractivity contribution in [1.82, 2.24) is 0 Å². The van der Waals surface area contributed by atoms with Gasteiger partial charge in [0, 0.05) is 6.07 Å². The normalized spacial score (nSPS) is 20.7. The molecule has 1 aromatic carbocycles. The van der Waals surface area contributed by atoms with Crippen molar-refractivity contribution in [2.75, 3.05) is 11.9 Å². The summed E-state index contributed by atoms with van der Waals surface area (Å²) in [6.45, 7) is 2.72. The zero-order chi connectivity index (χ0) is 8.55. The number of hydrogen-bond donors (Lipinski definition) is 1. The average molecular weight is 167 g/mol. The molecule has 1 atom stereocenters. The molecule has 1 aliphatic heterocycles. The van der Waals surface area contributed by atoms with E-state index in [-0.39, 0.29) is 11.9 Å². The molecule has 0 unspecified atom stereocenters. The Morgan fingerprint density at radius 3 is 3.25 bits per heavy atom. The van der Waals surface area contributed by atoms with E-state index in [0.29, 0.717) is 5.75 Å². The molecule has 1 heterocycles. The van der Waals surface area contributed by atoms with Gasteiger partial charge in [0.15, 0.2) is 0 Å². The highest BCUT2D eigenvalue weighted by Crippen LogP contribution is 2.29. The Bertz CT molecular complexity index is 301. The number of rotatable bonds is 0. The highest BCUT2D eigenvalue weighted by atomic mass is 19.1. The third kappa shape index (κ3) is 1.22. The summed E-state index contributed by atoms with van der Waals surface area (Å²) in [6.07, 6.45) is 0.110. The summed E-state index contributed by atoms with van der Waals surface area (Å²) in [7, 11) is 0. The molecule has 0 fully saturated rings. The van der Waals surface area contributed by atoms with E-state index >= 15 is 0 Å². The SMILES string of the molecule is C[C@H]1CNc2ccc(F)cc2O1. The fourth-order valence-corrected chi connectivity index (χ4v) is 1.25. The van der Waals surface area contributed by atoms with E-state index in [2.05, 4.69) is 5.32 Å². The van der Waals surface area contributed by atoms with Crippen molar-refractivity contribution < 1.29 is 9.13 Å². The molecule has 0 spiro atoms. The molecule has 0 aromatic heterocycles. The lowest BCUT2D eigenvalue weighted by Gasteiger charge is -2.24. The molecular formula is C9H10FNO. The van der Waals surface area contributed by atoms with Crippen LogP contribution in [0.25, 0.3) is 0 Å². The molecule has 64 valence electrons. The van der Waals surface area contributed by atoms with Crippen LogP contribution in [0, 0.1) is 5.82 Å². The van der Waals surface area contributed by atoms with E-state index in [1.54, 1.807) is 6.07 Å². The van der Waals surface area contributed by atoms with Gasteiger partial charge in [0.25, 0.3) is 0 Å². The average Bonchev–Trinajstić information content (AvgIpc) is 2.03. The van der Waals surface area contributed by atoms with Crippen molar-refractivity contribution in [3.63, 3.8) is 0 Å². The first-order valence-corrected chi connectivity index (χ1v) is 3.96. The molecule has 0 amide bonds. The van der Waals surface area contributed by atoms with Crippen LogP contribution in [0.2, 0.25) is 0 Å². The summed E-state index contributed by atoms with van der Waals surface area (Å²) in [5.41, 5.74) is 0.870. The first-order chi connectivity index (χ1) is 5.75. The summed E-state index contributed by atoms with van der Waals surface area (Å²) in [5, 5.41) is 3.15. The van der Waals surface area contributed by atoms with E-state index in [1.807, 2.05) is 6.92 Å². The van der Waals surface area contributed by atoms with Gasteiger partial charge in [-0.05, 0) is 19.1 Å². The van der Waals surface area contributed by atoms with Gasteiger partial charge in [-0.3, -0.25) is 0 Å². The van der Waals surface area contributed by atoms with Crippen LogP contribution in [0.4, 0.5) is 10.1 Å². The maximum absolute atomic E-state index is 12.7. The van der Waals surface area contributed by atoms with Crippen LogP contribution < -0.4 is 10.1 Å². The van der Waals surface area contributed by atoms with Crippen molar-refractivity contribution in [1.29, 1.82) is 0 Å². The molecule has 12 heavy (non-hydrogen) atoms. The minimum Gasteiger partial charge on any atom is -0.487 e. The van der Waals surface area contributed by atoms with Gasteiger partial charge >= 0.3 is 0 Å². The molecule has 0 radical (unpaired) electrons. The van der Waals surface area contributed by atoms with Gasteiger partial charge in [-0.15, -0.1) is 0 Å². The lowest BCUT2D eigenvalue weighted by Crippen LogP contribution is -2.27. The number of benzene rings is 1. The Morgan fingerprint density at radius 1 is 1.58 bits per heavy atom. The summed E-state index contributed by atoms with van der Waals surface area (Å²) in [5.74, 6) is 0.346. The fraction of sp³-hybridized carbons (Fsp3) is 0.333. The molecule has 2 nitrogen and oxygen atoms in total. The fourth-order valence-electron chi connectivity index (χ4n) is 1.25. The minimum atomic E-state index is -0.260. The van der Waals surface area contributed by atoms with Crippen molar-refractivity contribution in [3.05, 3.63) is 24.0 Å². The molecule has 1 aliphatic rings. The second-order valence-corrected chi connectivity index (χ2v) is 2.95. The van der Waals surface area contributed by atoms with E-state index in [0.717, 1.165) is 12.2 Å². The van der Waals surface area contributed by atoms with Gasteiger partial charge in [0.1, 0.15) is 17.7 Å². The molecule has 0 saturated heterocycles. The Labute approximate surface area is 70.3 Å². The quantitative estimate of drug-likeness (QED) is 0.638. The monoisotopic (exact) mass is 167 g/mol. The van der Waals surface area contributed by atoms with Crippen LogP contribution in [-0.2, 0) is 0 Å². The molecular weight excluding hydrogens is 157 g/mol.